The van der Waals surface area contributed by atoms with Crippen LogP contribution in [0.5, 0.6) is 5.75 Å². The van der Waals surface area contributed by atoms with E-state index >= 15 is 0 Å². The Hall–Kier alpha value is -2.01. The van der Waals surface area contributed by atoms with Crippen LogP contribution in [0.25, 0.3) is 0 Å². The van der Waals surface area contributed by atoms with Gasteiger partial charge in [-0.1, -0.05) is 25.5 Å². The van der Waals surface area contributed by atoms with E-state index in [9.17, 15) is 0 Å². The first-order valence-electron chi connectivity index (χ1n) is 8.17. The van der Waals surface area contributed by atoms with Crippen LogP contribution in [-0.2, 0) is 12.3 Å². The molecule has 6 heteroatoms. The molecule has 2 rings (SSSR count). The number of nitrogens with one attached hydrogen (secondary N) is 1. The average molecular weight is 349 g/mol. The molecule has 0 aliphatic heterocycles. The van der Waals surface area contributed by atoms with Crippen LogP contribution in [0.1, 0.15) is 42.1 Å². The highest BCUT2D eigenvalue weighted by molar-refractivity contribution is 6.17. The Kier molecular flexibility index (Phi) is 6.67. The van der Waals surface area contributed by atoms with Crippen molar-refractivity contribution in [1.29, 1.82) is 0 Å². The van der Waals surface area contributed by atoms with E-state index in [-0.39, 0.29) is 0 Å². The highest BCUT2D eigenvalue weighted by Gasteiger charge is 2.13. The monoisotopic (exact) mass is 348 g/mol. The van der Waals surface area contributed by atoms with Crippen molar-refractivity contribution in [2.45, 2.75) is 39.0 Å². The minimum absolute atomic E-state index is 0.461. The molecule has 2 aromatic rings. The summed E-state index contributed by atoms with van der Waals surface area (Å²) >= 11 is 5.94. The number of methoxy groups -OCH3 is 1. The molecule has 0 bridgehead atoms. The lowest BCUT2D eigenvalue weighted by molar-refractivity contribution is 0.410. The molecule has 0 radical (unpaired) electrons. The van der Waals surface area contributed by atoms with Crippen LogP contribution in [0.4, 0.5) is 11.8 Å². The van der Waals surface area contributed by atoms with Crippen molar-refractivity contribution >= 4 is 23.4 Å². The lowest BCUT2D eigenvalue weighted by Crippen LogP contribution is -2.11. The van der Waals surface area contributed by atoms with Gasteiger partial charge in [-0.15, -0.1) is 11.6 Å². The summed E-state index contributed by atoms with van der Waals surface area (Å²) in [6.45, 7) is 4.95. The molecule has 0 unspecified atom stereocenters. The van der Waals surface area contributed by atoms with E-state index in [1.54, 1.807) is 7.11 Å². The molecule has 0 saturated heterocycles. The third-order valence-corrected chi connectivity index (χ3v) is 4.23. The lowest BCUT2D eigenvalue weighted by Gasteiger charge is -2.14. The maximum Gasteiger partial charge on any atom is 0.224 e. The fourth-order valence-corrected chi connectivity index (χ4v) is 2.70. The van der Waals surface area contributed by atoms with Gasteiger partial charge in [-0.2, -0.15) is 4.98 Å². The summed E-state index contributed by atoms with van der Waals surface area (Å²) in [6.07, 6.45) is 2.81. The van der Waals surface area contributed by atoms with E-state index in [2.05, 4.69) is 22.2 Å². The largest absolute Gasteiger partial charge is 0.496 e. The van der Waals surface area contributed by atoms with E-state index in [0.29, 0.717) is 24.1 Å². The third kappa shape index (κ3) is 4.51. The van der Waals surface area contributed by atoms with Crippen LogP contribution >= 0.6 is 11.6 Å². The molecule has 5 nitrogen and oxygen atoms in total. The predicted molar refractivity (Wildman–Crippen MR) is 99.9 cm³/mol. The lowest BCUT2D eigenvalue weighted by atomic mass is 10.0. The van der Waals surface area contributed by atoms with Crippen molar-refractivity contribution < 1.29 is 4.74 Å². The summed E-state index contributed by atoms with van der Waals surface area (Å²) in [5.74, 6) is 2.36. The molecule has 0 spiro atoms. The second kappa shape index (κ2) is 8.73. The zero-order chi connectivity index (χ0) is 17.5. The Morgan fingerprint density at radius 1 is 1.29 bits per heavy atom. The number of alkyl halides is 1. The second-order valence-electron chi connectivity index (χ2n) is 5.73. The summed E-state index contributed by atoms with van der Waals surface area (Å²) < 4.78 is 5.45. The number of hydrogen-bond donors (Lipinski definition) is 2. The summed E-state index contributed by atoms with van der Waals surface area (Å²) in [4.78, 5) is 8.92. The van der Waals surface area contributed by atoms with E-state index in [1.807, 2.05) is 25.1 Å². The number of ether oxygens (including phenoxy) is 1. The molecular formula is C18H25ClN4O. The molecule has 0 saturated carbocycles. The number of anilines is 2. The van der Waals surface area contributed by atoms with Gasteiger partial charge in [0, 0.05) is 30.1 Å². The van der Waals surface area contributed by atoms with Crippen LogP contribution in [-0.4, -0.2) is 23.6 Å². The molecule has 1 heterocycles. The van der Waals surface area contributed by atoms with Gasteiger partial charge in [-0.05, 0) is 30.5 Å². The van der Waals surface area contributed by atoms with Crippen molar-refractivity contribution in [3.05, 3.63) is 40.6 Å². The Morgan fingerprint density at radius 3 is 2.71 bits per heavy atom. The molecule has 1 aromatic heterocycles. The topological polar surface area (TPSA) is 73.1 Å². The molecule has 0 aliphatic rings. The molecule has 0 aliphatic carbocycles. The molecule has 130 valence electrons. The fourth-order valence-electron chi connectivity index (χ4n) is 2.54. The van der Waals surface area contributed by atoms with Crippen LogP contribution in [0.3, 0.4) is 0 Å². The number of aromatic nitrogens is 2. The van der Waals surface area contributed by atoms with Gasteiger partial charge in [0.15, 0.2) is 0 Å². The van der Waals surface area contributed by atoms with Gasteiger partial charge < -0.3 is 15.8 Å². The van der Waals surface area contributed by atoms with Gasteiger partial charge in [-0.25, -0.2) is 4.98 Å². The summed E-state index contributed by atoms with van der Waals surface area (Å²) in [5.41, 5.74) is 10.0. The maximum atomic E-state index is 6.18. The molecule has 0 atom stereocenters. The first kappa shape index (κ1) is 18.3. The van der Waals surface area contributed by atoms with Gasteiger partial charge in [0.1, 0.15) is 11.6 Å². The highest BCUT2D eigenvalue weighted by Crippen LogP contribution is 2.27. The summed E-state index contributed by atoms with van der Waals surface area (Å²) in [7, 11) is 1.66. The standard InChI is InChI=1S/C18H25ClN4O/c1-4-5-8-21-18-22-12(2)15(17(20)23-18)10-14-9-13(11-19)6-7-16(14)24-3/h6-7,9H,4-5,8,10-11H2,1-3H3,(H3,20,21,22,23). The van der Waals surface area contributed by atoms with Crippen LogP contribution in [0.15, 0.2) is 18.2 Å². The summed E-state index contributed by atoms with van der Waals surface area (Å²) in [6, 6.07) is 5.93. The van der Waals surface area contributed by atoms with E-state index in [4.69, 9.17) is 22.1 Å². The Labute approximate surface area is 148 Å². The van der Waals surface area contributed by atoms with Crippen molar-refractivity contribution in [1.82, 2.24) is 9.97 Å². The third-order valence-electron chi connectivity index (χ3n) is 3.93. The first-order valence-corrected chi connectivity index (χ1v) is 8.71. The number of nitrogens with zero attached hydrogens (tertiary/aromatic N) is 2. The number of nitrogen functional groups attached to an aromatic ring is 1. The number of aryl methyl sites for hydroxylation is 1. The van der Waals surface area contributed by atoms with Crippen LogP contribution in [0.2, 0.25) is 0 Å². The number of halogens is 1. The molecular weight excluding hydrogens is 324 g/mol. The quantitative estimate of drug-likeness (QED) is 0.558. The Bertz CT molecular complexity index is 668. The molecule has 0 amide bonds. The fraction of sp³-hybridized carbons (Fsp3) is 0.444. The number of hydrogen-bond acceptors (Lipinski definition) is 5. The Morgan fingerprint density at radius 2 is 2.08 bits per heavy atom. The second-order valence-corrected chi connectivity index (χ2v) is 6.00. The smallest absolute Gasteiger partial charge is 0.224 e. The molecule has 24 heavy (non-hydrogen) atoms. The van der Waals surface area contributed by atoms with Crippen molar-refractivity contribution in [2.24, 2.45) is 0 Å². The average Bonchev–Trinajstić information content (AvgIpc) is 2.58. The normalized spacial score (nSPS) is 10.7. The van der Waals surface area contributed by atoms with Crippen LogP contribution < -0.4 is 15.8 Å². The SMILES string of the molecule is CCCCNc1nc(C)c(Cc2cc(CCl)ccc2OC)c(N)n1. The minimum Gasteiger partial charge on any atom is -0.496 e. The molecule has 3 N–H and O–H groups in total. The molecule has 0 fully saturated rings. The zero-order valence-electron chi connectivity index (χ0n) is 14.5. The van der Waals surface area contributed by atoms with Crippen molar-refractivity contribution in [3.8, 4) is 5.75 Å². The highest BCUT2D eigenvalue weighted by atomic mass is 35.5. The van der Waals surface area contributed by atoms with Gasteiger partial charge in [0.25, 0.3) is 0 Å². The number of rotatable bonds is 8. The molecule has 1 aromatic carbocycles. The van der Waals surface area contributed by atoms with Gasteiger partial charge in [0.2, 0.25) is 5.95 Å². The van der Waals surface area contributed by atoms with Gasteiger partial charge in [-0.3, -0.25) is 0 Å². The minimum atomic E-state index is 0.461. The number of benzene rings is 1. The number of nitrogens with two attached hydrogens (primary N) is 1. The number of unbranched alkanes of at least 4 members (excludes halogenated alkanes) is 1. The van der Waals surface area contributed by atoms with Gasteiger partial charge in [0.05, 0.1) is 7.11 Å². The predicted octanol–water partition coefficient (Wildman–Crippen LogP) is 3.92. The van der Waals surface area contributed by atoms with E-state index < -0.39 is 0 Å². The Balaban J connectivity index is 2.26. The van der Waals surface area contributed by atoms with Crippen molar-refractivity contribution in [3.63, 3.8) is 0 Å². The van der Waals surface area contributed by atoms with E-state index in [1.165, 1.54) is 0 Å². The first-order chi connectivity index (χ1) is 11.6. The van der Waals surface area contributed by atoms with E-state index in [0.717, 1.165) is 47.5 Å². The summed E-state index contributed by atoms with van der Waals surface area (Å²) in [5, 5.41) is 3.21. The zero-order valence-corrected chi connectivity index (χ0v) is 15.3. The van der Waals surface area contributed by atoms with Crippen molar-refractivity contribution in [2.75, 3.05) is 24.7 Å². The van der Waals surface area contributed by atoms with Crippen LogP contribution in [0, 0.1) is 6.92 Å². The van der Waals surface area contributed by atoms with Gasteiger partial charge >= 0.3 is 0 Å². The maximum absolute atomic E-state index is 6.18.